The highest BCUT2D eigenvalue weighted by molar-refractivity contribution is 5.67. The van der Waals surface area contributed by atoms with E-state index in [1.165, 1.54) is 0 Å². The third-order valence-corrected chi connectivity index (χ3v) is 3.18. The first kappa shape index (κ1) is 14.6. The Labute approximate surface area is 109 Å². The van der Waals surface area contributed by atoms with Crippen LogP contribution in [-0.4, -0.2) is 17.7 Å². The number of rotatable bonds is 6. The Balaban J connectivity index is 2.66. The number of carboxylic acids is 1. The van der Waals surface area contributed by atoms with Gasteiger partial charge in [-0.05, 0) is 37.0 Å². The molecule has 0 saturated heterocycles. The molecule has 0 aliphatic rings. The predicted octanol–water partition coefficient (Wildman–Crippen LogP) is 3.43. The third-order valence-electron chi connectivity index (χ3n) is 3.18. The summed E-state index contributed by atoms with van der Waals surface area (Å²) in [5, 5.41) is 8.87. The van der Waals surface area contributed by atoms with Crippen LogP contribution in [-0.2, 0) is 4.79 Å². The van der Waals surface area contributed by atoms with Crippen LogP contribution in [0.4, 0.5) is 0 Å². The lowest BCUT2D eigenvalue weighted by atomic mass is 9.93. The zero-order chi connectivity index (χ0) is 13.7. The minimum Gasteiger partial charge on any atom is -0.493 e. The molecule has 0 saturated carbocycles. The molecule has 1 unspecified atom stereocenters. The van der Waals surface area contributed by atoms with E-state index in [0.29, 0.717) is 12.5 Å². The summed E-state index contributed by atoms with van der Waals surface area (Å²) >= 11 is 0. The number of hydrogen-bond acceptors (Lipinski definition) is 2. The molecule has 3 heteroatoms. The van der Waals surface area contributed by atoms with Gasteiger partial charge in [0, 0.05) is 5.92 Å². The molecule has 0 amide bonds. The molecule has 0 fully saturated rings. The van der Waals surface area contributed by atoms with Crippen LogP contribution in [0.3, 0.4) is 0 Å². The highest BCUT2D eigenvalue weighted by Gasteiger charge is 2.18. The molecule has 100 valence electrons. The van der Waals surface area contributed by atoms with Crippen molar-refractivity contribution in [2.24, 2.45) is 11.8 Å². The third kappa shape index (κ3) is 4.40. The quantitative estimate of drug-likeness (QED) is 0.841. The van der Waals surface area contributed by atoms with Gasteiger partial charge in [-0.1, -0.05) is 26.0 Å². The van der Waals surface area contributed by atoms with Crippen molar-refractivity contribution in [2.45, 2.75) is 34.1 Å². The minimum atomic E-state index is -0.765. The van der Waals surface area contributed by atoms with Gasteiger partial charge in [-0.2, -0.15) is 0 Å². The number of carbonyl (C=O) groups is 1. The summed E-state index contributed by atoms with van der Waals surface area (Å²) in [7, 11) is 0. The number of hydrogen-bond donors (Lipinski definition) is 1. The standard InChI is InChI=1S/C15H22O3/c1-10(2)13(8-15(16)17)9-18-14-7-11(3)5-6-12(14)4/h5-7,10,13H,8-9H2,1-4H3,(H,16,17). The summed E-state index contributed by atoms with van der Waals surface area (Å²) in [4.78, 5) is 10.8. The zero-order valence-electron chi connectivity index (χ0n) is 11.6. The fourth-order valence-electron chi connectivity index (χ4n) is 1.77. The van der Waals surface area contributed by atoms with Crippen LogP contribution < -0.4 is 4.74 Å². The van der Waals surface area contributed by atoms with Crippen molar-refractivity contribution >= 4 is 5.97 Å². The van der Waals surface area contributed by atoms with Crippen LogP contribution in [0.2, 0.25) is 0 Å². The summed E-state index contributed by atoms with van der Waals surface area (Å²) in [6.07, 6.45) is 0.155. The van der Waals surface area contributed by atoms with Crippen LogP contribution in [0.1, 0.15) is 31.4 Å². The first-order valence-electron chi connectivity index (χ1n) is 6.32. The van der Waals surface area contributed by atoms with Gasteiger partial charge in [-0.3, -0.25) is 4.79 Å². The summed E-state index contributed by atoms with van der Waals surface area (Å²) in [5.41, 5.74) is 2.23. The van der Waals surface area contributed by atoms with E-state index in [9.17, 15) is 4.79 Å². The first-order valence-corrected chi connectivity index (χ1v) is 6.32. The number of aliphatic carboxylic acids is 1. The fourth-order valence-corrected chi connectivity index (χ4v) is 1.77. The Morgan fingerprint density at radius 1 is 1.33 bits per heavy atom. The summed E-state index contributed by atoms with van der Waals surface area (Å²) in [6.45, 7) is 8.52. The molecule has 1 aromatic rings. The van der Waals surface area contributed by atoms with Gasteiger partial charge in [0.25, 0.3) is 0 Å². The van der Waals surface area contributed by atoms with E-state index < -0.39 is 5.97 Å². The average molecular weight is 250 g/mol. The first-order chi connectivity index (χ1) is 8.40. The summed E-state index contributed by atoms with van der Waals surface area (Å²) in [5.74, 6) is 0.429. The molecule has 0 bridgehead atoms. The molecule has 3 nitrogen and oxygen atoms in total. The molecule has 0 radical (unpaired) electrons. The van der Waals surface area contributed by atoms with Gasteiger partial charge in [0.15, 0.2) is 0 Å². The Morgan fingerprint density at radius 2 is 2.00 bits per heavy atom. The maximum absolute atomic E-state index is 10.8. The van der Waals surface area contributed by atoms with Crippen molar-refractivity contribution < 1.29 is 14.6 Å². The molecule has 0 spiro atoms. The Bertz CT molecular complexity index is 410. The molecule has 1 N–H and O–H groups in total. The van der Waals surface area contributed by atoms with Crippen molar-refractivity contribution in [3.05, 3.63) is 29.3 Å². The summed E-state index contributed by atoms with van der Waals surface area (Å²) < 4.78 is 5.78. The van der Waals surface area contributed by atoms with Gasteiger partial charge in [-0.15, -0.1) is 0 Å². The van der Waals surface area contributed by atoms with E-state index >= 15 is 0 Å². The highest BCUT2D eigenvalue weighted by Crippen LogP contribution is 2.22. The lowest BCUT2D eigenvalue weighted by molar-refractivity contribution is -0.138. The Kier molecular flexibility index (Phi) is 5.20. The predicted molar refractivity (Wildman–Crippen MR) is 72.0 cm³/mol. The lowest BCUT2D eigenvalue weighted by Gasteiger charge is -2.20. The normalized spacial score (nSPS) is 12.5. The number of aryl methyl sites for hydroxylation is 2. The van der Waals surface area contributed by atoms with Gasteiger partial charge in [0.1, 0.15) is 5.75 Å². The molecule has 0 aromatic heterocycles. The van der Waals surface area contributed by atoms with Gasteiger partial charge in [0.2, 0.25) is 0 Å². The molecule has 0 heterocycles. The molecule has 1 rings (SSSR count). The van der Waals surface area contributed by atoms with Gasteiger partial charge < -0.3 is 9.84 Å². The van der Waals surface area contributed by atoms with Crippen molar-refractivity contribution in [2.75, 3.05) is 6.61 Å². The monoisotopic (exact) mass is 250 g/mol. The largest absolute Gasteiger partial charge is 0.493 e. The van der Waals surface area contributed by atoms with E-state index in [2.05, 4.69) is 0 Å². The van der Waals surface area contributed by atoms with Crippen LogP contribution in [0.15, 0.2) is 18.2 Å². The van der Waals surface area contributed by atoms with Crippen LogP contribution in [0, 0.1) is 25.7 Å². The molecule has 0 aliphatic heterocycles. The number of ether oxygens (including phenoxy) is 1. The molecule has 1 atom stereocenters. The molecule has 18 heavy (non-hydrogen) atoms. The topological polar surface area (TPSA) is 46.5 Å². The highest BCUT2D eigenvalue weighted by atomic mass is 16.5. The van der Waals surface area contributed by atoms with Crippen LogP contribution in [0.5, 0.6) is 5.75 Å². The van der Waals surface area contributed by atoms with E-state index in [-0.39, 0.29) is 12.3 Å². The van der Waals surface area contributed by atoms with E-state index in [4.69, 9.17) is 9.84 Å². The second-order valence-electron chi connectivity index (χ2n) is 5.18. The SMILES string of the molecule is Cc1ccc(C)c(OCC(CC(=O)O)C(C)C)c1. The van der Waals surface area contributed by atoms with Gasteiger partial charge in [-0.25, -0.2) is 0 Å². The lowest BCUT2D eigenvalue weighted by Crippen LogP contribution is -2.21. The Hall–Kier alpha value is -1.51. The van der Waals surface area contributed by atoms with Gasteiger partial charge in [0.05, 0.1) is 13.0 Å². The molecule has 0 aliphatic carbocycles. The maximum Gasteiger partial charge on any atom is 0.303 e. The summed E-state index contributed by atoms with van der Waals surface area (Å²) in [6, 6.07) is 6.05. The maximum atomic E-state index is 10.8. The van der Waals surface area contributed by atoms with E-state index in [1.54, 1.807) is 0 Å². The number of carboxylic acid groups (broad SMARTS) is 1. The second kappa shape index (κ2) is 6.43. The van der Waals surface area contributed by atoms with Crippen LogP contribution in [0.25, 0.3) is 0 Å². The van der Waals surface area contributed by atoms with Crippen LogP contribution >= 0.6 is 0 Å². The fraction of sp³-hybridized carbons (Fsp3) is 0.533. The van der Waals surface area contributed by atoms with Crippen molar-refractivity contribution in [3.63, 3.8) is 0 Å². The second-order valence-corrected chi connectivity index (χ2v) is 5.18. The van der Waals surface area contributed by atoms with Gasteiger partial charge >= 0.3 is 5.97 Å². The number of benzene rings is 1. The van der Waals surface area contributed by atoms with E-state index in [1.807, 2.05) is 45.9 Å². The van der Waals surface area contributed by atoms with Crippen molar-refractivity contribution in [1.82, 2.24) is 0 Å². The Morgan fingerprint density at radius 3 is 2.56 bits per heavy atom. The molecule has 1 aromatic carbocycles. The van der Waals surface area contributed by atoms with Crippen molar-refractivity contribution in [1.29, 1.82) is 0 Å². The van der Waals surface area contributed by atoms with Crippen molar-refractivity contribution in [3.8, 4) is 5.75 Å². The smallest absolute Gasteiger partial charge is 0.303 e. The minimum absolute atomic E-state index is 0.0439. The molecular weight excluding hydrogens is 228 g/mol. The average Bonchev–Trinajstić information content (AvgIpc) is 2.27. The molecular formula is C15H22O3. The zero-order valence-corrected chi connectivity index (χ0v) is 11.6. The van der Waals surface area contributed by atoms with E-state index in [0.717, 1.165) is 16.9 Å².